The van der Waals surface area contributed by atoms with Crippen LogP contribution in [0.25, 0.3) is 0 Å². The van der Waals surface area contributed by atoms with E-state index in [1.54, 1.807) is 11.3 Å². The van der Waals surface area contributed by atoms with Gasteiger partial charge in [0.1, 0.15) is 6.10 Å². The molecule has 1 amide bonds. The smallest absolute Gasteiger partial charge is 0.224 e. The molecular formula is C12H13NO2S2. The quantitative estimate of drug-likeness (QED) is 0.872. The Hall–Kier alpha value is -1.17. The number of nitrogens with one attached hydrogen (secondary N) is 1. The van der Waals surface area contributed by atoms with E-state index < -0.39 is 6.10 Å². The highest BCUT2D eigenvalue weighted by molar-refractivity contribution is 7.10. The second kappa shape index (κ2) is 5.95. The normalized spacial score (nSPS) is 12.3. The minimum Gasteiger partial charge on any atom is -0.386 e. The Morgan fingerprint density at radius 2 is 2.29 bits per heavy atom. The Kier molecular flexibility index (Phi) is 4.30. The van der Waals surface area contributed by atoms with Crippen LogP contribution in [-0.2, 0) is 11.2 Å². The lowest BCUT2D eigenvalue weighted by atomic mass is 10.2. The molecule has 2 heterocycles. The minimum absolute atomic E-state index is 0.0565. The zero-order valence-electron chi connectivity index (χ0n) is 9.13. The van der Waals surface area contributed by atoms with E-state index in [9.17, 15) is 9.90 Å². The molecule has 1 atom stereocenters. The van der Waals surface area contributed by atoms with E-state index in [4.69, 9.17) is 0 Å². The summed E-state index contributed by atoms with van der Waals surface area (Å²) in [5.74, 6) is -0.0565. The maximum Gasteiger partial charge on any atom is 0.224 e. The van der Waals surface area contributed by atoms with Gasteiger partial charge in [0.05, 0.1) is 6.42 Å². The van der Waals surface area contributed by atoms with Crippen molar-refractivity contribution in [3.63, 3.8) is 0 Å². The number of aliphatic hydroxyl groups excluding tert-OH is 1. The van der Waals surface area contributed by atoms with E-state index in [1.807, 2.05) is 34.3 Å². The Labute approximate surface area is 108 Å². The summed E-state index contributed by atoms with van der Waals surface area (Å²) < 4.78 is 0. The molecule has 0 aromatic carbocycles. The Morgan fingerprint density at radius 1 is 1.41 bits per heavy atom. The maximum absolute atomic E-state index is 11.6. The van der Waals surface area contributed by atoms with Crippen LogP contribution in [0.15, 0.2) is 34.3 Å². The van der Waals surface area contributed by atoms with Gasteiger partial charge in [0, 0.05) is 11.4 Å². The average molecular weight is 267 g/mol. The van der Waals surface area contributed by atoms with Crippen LogP contribution >= 0.6 is 22.7 Å². The molecule has 17 heavy (non-hydrogen) atoms. The molecule has 2 rings (SSSR count). The van der Waals surface area contributed by atoms with E-state index in [2.05, 4.69) is 5.32 Å². The number of aliphatic hydroxyl groups is 1. The topological polar surface area (TPSA) is 49.3 Å². The monoisotopic (exact) mass is 267 g/mol. The second-order valence-corrected chi connectivity index (χ2v) is 5.40. The maximum atomic E-state index is 11.6. The van der Waals surface area contributed by atoms with Gasteiger partial charge in [0.2, 0.25) is 5.91 Å². The third-order valence-corrected chi connectivity index (χ3v) is 4.01. The third kappa shape index (κ3) is 3.66. The number of hydrogen-bond acceptors (Lipinski definition) is 4. The Bertz CT molecular complexity index is 451. The van der Waals surface area contributed by atoms with Gasteiger partial charge in [-0.1, -0.05) is 6.07 Å². The van der Waals surface area contributed by atoms with Crippen LogP contribution < -0.4 is 5.32 Å². The highest BCUT2D eigenvalue weighted by atomic mass is 32.1. The first-order valence-corrected chi connectivity index (χ1v) is 7.07. The highest BCUT2D eigenvalue weighted by Crippen LogP contribution is 2.17. The van der Waals surface area contributed by atoms with E-state index in [1.165, 1.54) is 11.3 Å². The lowest BCUT2D eigenvalue weighted by Crippen LogP contribution is -2.29. The molecule has 0 unspecified atom stereocenters. The summed E-state index contributed by atoms with van der Waals surface area (Å²) in [7, 11) is 0. The summed E-state index contributed by atoms with van der Waals surface area (Å²) in [4.78, 5) is 12.4. The molecule has 90 valence electrons. The lowest BCUT2D eigenvalue weighted by molar-refractivity contribution is -0.120. The SMILES string of the molecule is O=C(Cc1ccsc1)NC[C@H](O)c1cccs1. The molecule has 0 aliphatic heterocycles. The summed E-state index contributed by atoms with van der Waals surface area (Å²) in [5.41, 5.74) is 1.01. The van der Waals surface area contributed by atoms with E-state index >= 15 is 0 Å². The lowest BCUT2D eigenvalue weighted by Gasteiger charge is -2.09. The van der Waals surface area contributed by atoms with Crippen molar-refractivity contribution in [3.8, 4) is 0 Å². The zero-order valence-corrected chi connectivity index (χ0v) is 10.8. The highest BCUT2D eigenvalue weighted by Gasteiger charge is 2.10. The average Bonchev–Trinajstić information content (AvgIpc) is 2.97. The fraction of sp³-hybridized carbons (Fsp3) is 0.250. The standard InChI is InChI=1S/C12H13NO2S2/c14-10(11-2-1-4-17-11)7-13-12(15)6-9-3-5-16-8-9/h1-5,8,10,14H,6-7H2,(H,13,15)/t10-/m0/s1. The molecule has 0 fully saturated rings. The van der Waals surface area contributed by atoms with Crippen LogP contribution in [0.4, 0.5) is 0 Å². The van der Waals surface area contributed by atoms with Crippen LogP contribution in [0.2, 0.25) is 0 Å². The third-order valence-electron chi connectivity index (χ3n) is 2.31. The molecule has 0 spiro atoms. The second-order valence-electron chi connectivity index (χ2n) is 3.64. The van der Waals surface area contributed by atoms with Crippen molar-refractivity contribution in [2.75, 3.05) is 6.54 Å². The van der Waals surface area contributed by atoms with Crippen LogP contribution in [0, 0.1) is 0 Å². The van der Waals surface area contributed by atoms with E-state index in [0.717, 1.165) is 10.4 Å². The summed E-state index contributed by atoms with van der Waals surface area (Å²) in [5, 5.41) is 18.3. The van der Waals surface area contributed by atoms with Gasteiger partial charge in [-0.05, 0) is 33.8 Å². The summed E-state index contributed by atoms with van der Waals surface area (Å²) in [6, 6.07) is 5.68. The Morgan fingerprint density at radius 3 is 2.94 bits per heavy atom. The first kappa shape index (κ1) is 12.3. The number of carbonyl (C=O) groups is 1. The van der Waals surface area contributed by atoms with Gasteiger partial charge in [-0.15, -0.1) is 11.3 Å². The van der Waals surface area contributed by atoms with Crippen LogP contribution in [-0.4, -0.2) is 17.6 Å². The van der Waals surface area contributed by atoms with Gasteiger partial charge in [-0.2, -0.15) is 11.3 Å². The summed E-state index contributed by atoms with van der Waals surface area (Å²) in [6.07, 6.45) is -0.234. The minimum atomic E-state index is -0.610. The van der Waals surface area contributed by atoms with Crippen molar-refractivity contribution in [2.24, 2.45) is 0 Å². The van der Waals surface area contributed by atoms with Gasteiger partial charge in [0.15, 0.2) is 0 Å². The van der Waals surface area contributed by atoms with Gasteiger partial charge in [0.25, 0.3) is 0 Å². The number of carbonyl (C=O) groups excluding carboxylic acids is 1. The molecule has 3 nitrogen and oxygen atoms in total. The fourth-order valence-electron chi connectivity index (χ4n) is 1.43. The Balaban J connectivity index is 1.76. The van der Waals surface area contributed by atoms with Crippen LogP contribution in [0.1, 0.15) is 16.5 Å². The molecule has 5 heteroatoms. The number of hydrogen-bond donors (Lipinski definition) is 2. The van der Waals surface area contributed by atoms with E-state index in [-0.39, 0.29) is 12.5 Å². The largest absolute Gasteiger partial charge is 0.386 e. The number of amides is 1. The molecule has 0 bridgehead atoms. The summed E-state index contributed by atoms with van der Waals surface area (Å²) >= 11 is 3.06. The van der Waals surface area contributed by atoms with Crippen molar-refractivity contribution >= 4 is 28.6 Å². The molecule has 2 N–H and O–H groups in total. The van der Waals surface area contributed by atoms with Crippen molar-refractivity contribution < 1.29 is 9.90 Å². The van der Waals surface area contributed by atoms with E-state index in [0.29, 0.717) is 6.42 Å². The van der Waals surface area contributed by atoms with Crippen molar-refractivity contribution in [1.82, 2.24) is 5.32 Å². The van der Waals surface area contributed by atoms with Crippen molar-refractivity contribution in [2.45, 2.75) is 12.5 Å². The molecule has 0 aliphatic carbocycles. The van der Waals surface area contributed by atoms with Gasteiger partial charge in [-0.25, -0.2) is 0 Å². The van der Waals surface area contributed by atoms with Gasteiger partial charge >= 0.3 is 0 Å². The van der Waals surface area contributed by atoms with Gasteiger partial charge < -0.3 is 10.4 Å². The predicted molar refractivity (Wildman–Crippen MR) is 70.3 cm³/mol. The summed E-state index contributed by atoms with van der Waals surface area (Å²) in [6.45, 7) is 0.267. The van der Waals surface area contributed by atoms with Crippen molar-refractivity contribution in [3.05, 3.63) is 44.8 Å². The molecule has 0 saturated carbocycles. The van der Waals surface area contributed by atoms with Gasteiger partial charge in [-0.3, -0.25) is 4.79 Å². The van der Waals surface area contributed by atoms with Crippen LogP contribution in [0.5, 0.6) is 0 Å². The number of rotatable bonds is 5. The number of thiophene rings is 2. The molecule has 2 aromatic heterocycles. The van der Waals surface area contributed by atoms with Crippen molar-refractivity contribution in [1.29, 1.82) is 0 Å². The molecule has 0 aliphatic rings. The fourth-order valence-corrected chi connectivity index (χ4v) is 2.81. The molecule has 0 radical (unpaired) electrons. The zero-order chi connectivity index (χ0) is 12.1. The molecular weight excluding hydrogens is 254 g/mol. The first-order valence-electron chi connectivity index (χ1n) is 5.25. The molecule has 0 saturated heterocycles. The first-order chi connectivity index (χ1) is 8.25. The predicted octanol–water partition coefficient (Wildman–Crippen LogP) is 2.20. The van der Waals surface area contributed by atoms with Crippen LogP contribution in [0.3, 0.4) is 0 Å². The molecule has 2 aromatic rings.